The topological polar surface area (TPSA) is 54.0 Å². The van der Waals surface area contributed by atoms with Crippen LogP contribution in [-0.2, 0) is 4.79 Å². The number of aromatic nitrogens is 1. The van der Waals surface area contributed by atoms with Crippen molar-refractivity contribution in [3.63, 3.8) is 0 Å². The zero-order valence-electron chi connectivity index (χ0n) is 10.2. The lowest BCUT2D eigenvalue weighted by Gasteiger charge is -2.33. The van der Waals surface area contributed by atoms with Crippen LogP contribution in [-0.4, -0.2) is 24.0 Å². The minimum Gasteiger partial charge on any atom is -0.325 e. The third-order valence-corrected chi connectivity index (χ3v) is 3.34. The summed E-state index contributed by atoms with van der Waals surface area (Å²) in [5.74, 6) is 0.0856. The molecule has 0 unspecified atom stereocenters. The van der Waals surface area contributed by atoms with E-state index in [1.54, 1.807) is 12.4 Å². The Labute approximate surface area is 102 Å². The van der Waals surface area contributed by atoms with Gasteiger partial charge in [0, 0.05) is 12.6 Å². The smallest absolute Gasteiger partial charge is 0.224 e. The van der Waals surface area contributed by atoms with Crippen molar-refractivity contribution in [2.75, 3.05) is 18.4 Å². The molecule has 0 atom stereocenters. The summed E-state index contributed by atoms with van der Waals surface area (Å²) >= 11 is 0. The summed E-state index contributed by atoms with van der Waals surface area (Å²) < 4.78 is 0. The first kappa shape index (κ1) is 12.0. The maximum Gasteiger partial charge on any atom is 0.224 e. The van der Waals surface area contributed by atoms with E-state index in [9.17, 15) is 4.79 Å². The number of nitrogens with zero attached hydrogens (tertiary/aromatic N) is 1. The van der Waals surface area contributed by atoms with Gasteiger partial charge in [-0.3, -0.25) is 9.78 Å². The normalized spacial score (nSPS) is 18.6. The Morgan fingerprint density at radius 1 is 1.53 bits per heavy atom. The van der Waals surface area contributed by atoms with Crippen LogP contribution in [0.4, 0.5) is 5.69 Å². The van der Waals surface area contributed by atoms with Crippen molar-refractivity contribution in [1.82, 2.24) is 10.3 Å². The van der Waals surface area contributed by atoms with E-state index in [0.717, 1.165) is 31.6 Å². The molecule has 4 heteroatoms. The zero-order chi connectivity index (χ0) is 12.1. The molecular formula is C13H19N3O. The number of pyridine rings is 1. The van der Waals surface area contributed by atoms with Crippen molar-refractivity contribution in [3.05, 3.63) is 24.5 Å². The highest BCUT2D eigenvalue weighted by atomic mass is 16.1. The number of anilines is 1. The molecule has 0 aromatic carbocycles. The molecule has 2 heterocycles. The molecular weight excluding hydrogens is 214 g/mol. The highest BCUT2D eigenvalue weighted by molar-refractivity contribution is 5.90. The van der Waals surface area contributed by atoms with Crippen LogP contribution < -0.4 is 10.6 Å². The number of carbonyl (C=O) groups excluding carboxylic acids is 1. The van der Waals surface area contributed by atoms with E-state index in [1.807, 2.05) is 12.1 Å². The van der Waals surface area contributed by atoms with Crippen LogP contribution in [0.5, 0.6) is 0 Å². The van der Waals surface area contributed by atoms with Gasteiger partial charge in [0.2, 0.25) is 5.91 Å². The number of rotatable bonds is 3. The summed E-state index contributed by atoms with van der Waals surface area (Å²) in [4.78, 5) is 15.9. The van der Waals surface area contributed by atoms with Gasteiger partial charge in [0.25, 0.3) is 0 Å². The SMILES string of the molecule is CC1(CC(=O)Nc2cccnc2)CCNCC1. The molecule has 0 bridgehead atoms. The molecule has 17 heavy (non-hydrogen) atoms. The van der Waals surface area contributed by atoms with Crippen LogP contribution in [0.2, 0.25) is 0 Å². The van der Waals surface area contributed by atoms with Gasteiger partial charge >= 0.3 is 0 Å². The zero-order valence-corrected chi connectivity index (χ0v) is 10.2. The second kappa shape index (κ2) is 5.27. The average molecular weight is 233 g/mol. The Balaban J connectivity index is 1.88. The molecule has 4 nitrogen and oxygen atoms in total. The maximum absolute atomic E-state index is 11.9. The summed E-state index contributed by atoms with van der Waals surface area (Å²) in [5, 5.41) is 6.21. The molecule has 1 aromatic heterocycles. The summed E-state index contributed by atoms with van der Waals surface area (Å²) in [6.07, 6.45) is 6.08. The van der Waals surface area contributed by atoms with Crippen LogP contribution >= 0.6 is 0 Å². The monoisotopic (exact) mass is 233 g/mol. The largest absolute Gasteiger partial charge is 0.325 e. The van der Waals surface area contributed by atoms with Gasteiger partial charge < -0.3 is 10.6 Å². The molecule has 0 radical (unpaired) electrons. The molecule has 1 aliphatic rings. The van der Waals surface area contributed by atoms with Crippen molar-refractivity contribution in [3.8, 4) is 0 Å². The van der Waals surface area contributed by atoms with Crippen molar-refractivity contribution in [2.24, 2.45) is 5.41 Å². The number of hydrogen-bond acceptors (Lipinski definition) is 3. The van der Waals surface area contributed by atoms with Gasteiger partial charge in [-0.25, -0.2) is 0 Å². The Morgan fingerprint density at radius 3 is 2.94 bits per heavy atom. The summed E-state index contributed by atoms with van der Waals surface area (Å²) in [7, 11) is 0. The van der Waals surface area contributed by atoms with Gasteiger partial charge in [-0.05, 0) is 43.5 Å². The van der Waals surface area contributed by atoms with Gasteiger partial charge in [0.1, 0.15) is 0 Å². The molecule has 92 valence electrons. The number of piperidine rings is 1. The fourth-order valence-electron chi connectivity index (χ4n) is 2.24. The Bertz CT molecular complexity index is 372. The number of amides is 1. The fraction of sp³-hybridized carbons (Fsp3) is 0.538. The lowest BCUT2D eigenvalue weighted by molar-refractivity contribution is -0.118. The number of hydrogen-bond donors (Lipinski definition) is 2. The average Bonchev–Trinajstić information content (AvgIpc) is 2.30. The van der Waals surface area contributed by atoms with Gasteiger partial charge in [0.05, 0.1) is 11.9 Å². The van der Waals surface area contributed by atoms with Crippen LogP contribution in [0.15, 0.2) is 24.5 Å². The first-order chi connectivity index (χ1) is 8.18. The van der Waals surface area contributed by atoms with E-state index in [4.69, 9.17) is 0 Å². The summed E-state index contributed by atoms with van der Waals surface area (Å²) in [5.41, 5.74) is 0.910. The predicted molar refractivity (Wildman–Crippen MR) is 67.7 cm³/mol. The van der Waals surface area contributed by atoms with Crippen LogP contribution in [0.1, 0.15) is 26.2 Å². The third kappa shape index (κ3) is 3.53. The molecule has 0 spiro atoms. The van der Waals surface area contributed by atoms with Crippen molar-refractivity contribution >= 4 is 11.6 Å². The van der Waals surface area contributed by atoms with Gasteiger partial charge in [-0.2, -0.15) is 0 Å². The maximum atomic E-state index is 11.9. The van der Waals surface area contributed by atoms with Crippen molar-refractivity contribution in [2.45, 2.75) is 26.2 Å². The Kier molecular flexibility index (Phi) is 3.74. The lowest BCUT2D eigenvalue weighted by atomic mass is 9.78. The molecule has 0 saturated carbocycles. The third-order valence-electron chi connectivity index (χ3n) is 3.34. The first-order valence-electron chi connectivity index (χ1n) is 6.09. The van der Waals surface area contributed by atoms with Gasteiger partial charge in [-0.15, -0.1) is 0 Å². The number of nitrogens with one attached hydrogen (secondary N) is 2. The van der Waals surface area contributed by atoms with Crippen LogP contribution in [0, 0.1) is 5.41 Å². The Hall–Kier alpha value is -1.42. The predicted octanol–water partition coefficient (Wildman–Crippen LogP) is 1.80. The van der Waals surface area contributed by atoms with Crippen LogP contribution in [0.25, 0.3) is 0 Å². The van der Waals surface area contributed by atoms with Gasteiger partial charge in [0.15, 0.2) is 0 Å². The second-order valence-corrected chi connectivity index (χ2v) is 5.03. The minimum absolute atomic E-state index is 0.0856. The lowest BCUT2D eigenvalue weighted by Crippen LogP contribution is -2.37. The van der Waals surface area contributed by atoms with E-state index < -0.39 is 0 Å². The summed E-state index contributed by atoms with van der Waals surface area (Å²) in [6.45, 7) is 4.21. The molecule has 0 aliphatic carbocycles. The molecule has 2 N–H and O–H groups in total. The fourth-order valence-corrected chi connectivity index (χ4v) is 2.24. The van der Waals surface area contributed by atoms with Crippen LogP contribution in [0.3, 0.4) is 0 Å². The van der Waals surface area contributed by atoms with E-state index in [2.05, 4.69) is 22.5 Å². The first-order valence-corrected chi connectivity index (χ1v) is 6.09. The number of carbonyl (C=O) groups is 1. The molecule has 1 aromatic rings. The Morgan fingerprint density at radius 2 is 2.29 bits per heavy atom. The van der Waals surface area contributed by atoms with E-state index in [1.165, 1.54) is 0 Å². The summed E-state index contributed by atoms with van der Waals surface area (Å²) in [6, 6.07) is 3.68. The second-order valence-electron chi connectivity index (χ2n) is 5.03. The van der Waals surface area contributed by atoms with E-state index in [0.29, 0.717) is 6.42 Å². The molecule has 2 rings (SSSR count). The van der Waals surface area contributed by atoms with E-state index >= 15 is 0 Å². The van der Waals surface area contributed by atoms with Crippen molar-refractivity contribution < 1.29 is 4.79 Å². The molecule has 1 amide bonds. The molecule has 1 aliphatic heterocycles. The highest BCUT2D eigenvalue weighted by Crippen LogP contribution is 2.31. The standard InChI is InChI=1S/C13H19N3O/c1-13(4-7-14-8-5-13)9-12(17)16-11-3-2-6-15-10-11/h2-3,6,10,14H,4-5,7-9H2,1H3,(H,16,17). The molecule has 1 fully saturated rings. The quantitative estimate of drug-likeness (QED) is 0.837. The van der Waals surface area contributed by atoms with Gasteiger partial charge in [-0.1, -0.05) is 6.92 Å². The highest BCUT2D eigenvalue weighted by Gasteiger charge is 2.29. The van der Waals surface area contributed by atoms with E-state index in [-0.39, 0.29) is 11.3 Å². The molecule has 1 saturated heterocycles. The van der Waals surface area contributed by atoms with Crippen molar-refractivity contribution in [1.29, 1.82) is 0 Å². The minimum atomic E-state index is 0.0856.